The molecule has 7 heteroatoms. The van der Waals surface area contributed by atoms with Crippen LogP contribution in [-0.2, 0) is 16.6 Å². The molecule has 2 aliphatic rings. The fourth-order valence-corrected chi connectivity index (χ4v) is 6.25. The largest absolute Gasteiger partial charge is 0.454 e. The summed E-state index contributed by atoms with van der Waals surface area (Å²) >= 11 is 0. The number of nitrogens with zero attached hydrogens (tertiary/aromatic N) is 2. The van der Waals surface area contributed by atoms with E-state index in [9.17, 15) is 8.42 Å². The van der Waals surface area contributed by atoms with E-state index in [1.165, 1.54) is 5.56 Å². The van der Waals surface area contributed by atoms with Crippen molar-refractivity contribution in [1.82, 2.24) is 4.90 Å². The SMILES string of the molecule is Cc1ccc(S(=O)(=O)N(c2ccc3c(c2)OCO3)C2CCN(Cc3ccccc3)CC2)cc1. The van der Waals surface area contributed by atoms with E-state index in [4.69, 9.17) is 9.47 Å². The molecule has 1 saturated heterocycles. The van der Waals surface area contributed by atoms with Gasteiger partial charge in [0, 0.05) is 31.7 Å². The minimum absolute atomic E-state index is 0.135. The Kier molecular flexibility index (Phi) is 6.00. The van der Waals surface area contributed by atoms with Gasteiger partial charge in [0.2, 0.25) is 6.79 Å². The van der Waals surface area contributed by atoms with Gasteiger partial charge in [-0.3, -0.25) is 9.21 Å². The Bertz CT molecular complexity index is 1200. The second-order valence-electron chi connectivity index (χ2n) is 8.64. The summed E-state index contributed by atoms with van der Waals surface area (Å²) in [5.41, 5.74) is 2.91. The van der Waals surface area contributed by atoms with Crippen molar-refractivity contribution < 1.29 is 17.9 Å². The van der Waals surface area contributed by atoms with Crippen LogP contribution in [-0.4, -0.2) is 39.2 Å². The van der Waals surface area contributed by atoms with Gasteiger partial charge in [0.05, 0.1) is 10.6 Å². The summed E-state index contributed by atoms with van der Waals surface area (Å²) in [4.78, 5) is 2.69. The van der Waals surface area contributed by atoms with Gasteiger partial charge in [-0.2, -0.15) is 0 Å². The van der Waals surface area contributed by atoms with Crippen LogP contribution in [0.4, 0.5) is 5.69 Å². The first-order valence-corrected chi connectivity index (χ1v) is 12.7. The number of sulfonamides is 1. The third-order valence-corrected chi connectivity index (χ3v) is 8.22. The van der Waals surface area contributed by atoms with E-state index in [0.717, 1.165) is 38.0 Å². The molecule has 3 aromatic rings. The van der Waals surface area contributed by atoms with Gasteiger partial charge in [0.1, 0.15) is 0 Å². The number of rotatable bonds is 6. The normalized spacial score (nSPS) is 16.6. The van der Waals surface area contributed by atoms with Crippen molar-refractivity contribution in [2.45, 2.75) is 37.2 Å². The Morgan fingerprint density at radius 3 is 2.33 bits per heavy atom. The molecular weight excluding hydrogens is 436 g/mol. The lowest BCUT2D eigenvalue weighted by molar-refractivity contribution is 0.174. The van der Waals surface area contributed by atoms with Crippen LogP contribution < -0.4 is 13.8 Å². The standard InChI is InChI=1S/C26H28N2O4S/c1-20-7-10-24(11-8-20)33(29,30)28(23-9-12-25-26(17-23)32-19-31-25)22-13-15-27(16-14-22)18-21-5-3-2-4-6-21/h2-12,17,22H,13-16,18-19H2,1H3. The maximum absolute atomic E-state index is 13.9. The highest BCUT2D eigenvalue weighted by Crippen LogP contribution is 2.39. The average molecular weight is 465 g/mol. The number of fused-ring (bicyclic) bond motifs is 1. The van der Waals surface area contributed by atoms with E-state index in [0.29, 0.717) is 22.1 Å². The van der Waals surface area contributed by atoms with Crippen molar-refractivity contribution in [3.05, 3.63) is 83.9 Å². The fraction of sp³-hybridized carbons (Fsp3) is 0.308. The molecule has 0 aromatic heterocycles. The minimum Gasteiger partial charge on any atom is -0.454 e. The van der Waals surface area contributed by atoms with Gasteiger partial charge in [-0.25, -0.2) is 8.42 Å². The van der Waals surface area contributed by atoms with Crippen molar-refractivity contribution >= 4 is 15.7 Å². The van der Waals surface area contributed by atoms with Crippen LogP contribution in [0.2, 0.25) is 0 Å². The van der Waals surface area contributed by atoms with Gasteiger partial charge in [-0.1, -0.05) is 48.0 Å². The number of anilines is 1. The van der Waals surface area contributed by atoms with Gasteiger partial charge in [0.25, 0.3) is 10.0 Å². The fourth-order valence-electron chi connectivity index (χ4n) is 4.55. The lowest BCUT2D eigenvalue weighted by atomic mass is 10.0. The van der Waals surface area contributed by atoms with E-state index in [1.54, 1.807) is 28.6 Å². The maximum atomic E-state index is 13.9. The molecule has 0 atom stereocenters. The number of hydrogen-bond donors (Lipinski definition) is 0. The smallest absolute Gasteiger partial charge is 0.264 e. The zero-order valence-electron chi connectivity index (χ0n) is 18.7. The highest BCUT2D eigenvalue weighted by molar-refractivity contribution is 7.92. The molecule has 33 heavy (non-hydrogen) atoms. The number of likely N-dealkylation sites (tertiary alicyclic amines) is 1. The molecule has 2 aliphatic heterocycles. The topological polar surface area (TPSA) is 59.1 Å². The summed E-state index contributed by atoms with van der Waals surface area (Å²) in [6.07, 6.45) is 1.51. The lowest BCUT2D eigenvalue weighted by Gasteiger charge is -2.39. The van der Waals surface area contributed by atoms with Crippen LogP contribution in [0.1, 0.15) is 24.0 Å². The Labute approximate surface area is 195 Å². The summed E-state index contributed by atoms with van der Waals surface area (Å²) in [5, 5.41) is 0. The molecule has 0 aliphatic carbocycles. The minimum atomic E-state index is -3.75. The molecule has 0 N–H and O–H groups in total. The van der Waals surface area contributed by atoms with E-state index in [1.807, 2.05) is 31.2 Å². The molecule has 0 spiro atoms. The van der Waals surface area contributed by atoms with Crippen molar-refractivity contribution in [3.63, 3.8) is 0 Å². The van der Waals surface area contributed by atoms with Gasteiger partial charge in [0.15, 0.2) is 11.5 Å². The third kappa shape index (κ3) is 4.56. The molecular formula is C26H28N2O4S. The summed E-state index contributed by atoms with van der Waals surface area (Å²) < 4.78 is 40.3. The van der Waals surface area contributed by atoms with Crippen LogP contribution in [0.5, 0.6) is 11.5 Å². The molecule has 0 amide bonds. The number of aryl methyl sites for hydroxylation is 1. The molecule has 5 rings (SSSR count). The van der Waals surface area contributed by atoms with E-state index >= 15 is 0 Å². The van der Waals surface area contributed by atoms with Crippen LogP contribution in [0.15, 0.2) is 77.7 Å². The highest BCUT2D eigenvalue weighted by atomic mass is 32.2. The predicted molar refractivity (Wildman–Crippen MR) is 128 cm³/mol. The molecule has 3 aromatic carbocycles. The van der Waals surface area contributed by atoms with Gasteiger partial charge < -0.3 is 9.47 Å². The number of benzene rings is 3. The first-order valence-electron chi connectivity index (χ1n) is 11.3. The van der Waals surface area contributed by atoms with Crippen LogP contribution in [0.25, 0.3) is 0 Å². The molecule has 2 heterocycles. The quantitative estimate of drug-likeness (QED) is 0.534. The summed E-state index contributed by atoms with van der Waals surface area (Å²) in [6.45, 7) is 4.66. The maximum Gasteiger partial charge on any atom is 0.264 e. The first kappa shape index (κ1) is 21.8. The molecule has 0 radical (unpaired) electrons. The molecule has 172 valence electrons. The van der Waals surface area contributed by atoms with Gasteiger partial charge in [-0.05, 0) is 49.6 Å². The molecule has 1 fully saturated rings. The third-order valence-electron chi connectivity index (χ3n) is 6.33. The van der Waals surface area contributed by atoms with Crippen molar-refractivity contribution in [2.75, 3.05) is 24.2 Å². The predicted octanol–water partition coefficient (Wildman–Crippen LogP) is 4.58. The number of hydrogen-bond acceptors (Lipinski definition) is 5. The molecule has 6 nitrogen and oxygen atoms in total. The number of ether oxygens (including phenoxy) is 2. The van der Waals surface area contributed by atoms with Crippen molar-refractivity contribution in [3.8, 4) is 11.5 Å². The second kappa shape index (κ2) is 9.08. The summed E-state index contributed by atoms with van der Waals surface area (Å²) in [6, 6.07) is 22.7. The Balaban J connectivity index is 1.43. The van der Waals surface area contributed by atoms with Crippen molar-refractivity contribution in [2.24, 2.45) is 0 Å². The second-order valence-corrected chi connectivity index (χ2v) is 10.5. The van der Waals surface area contributed by atoms with Crippen molar-refractivity contribution in [1.29, 1.82) is 0 Å². The average Bonchev–Trinajstić information content (AvgIpc) is 3.29. The highest BCUT2D eigenvalue weighted by Gasteiger charge is 2.35. The summed E-state index contributed by atoms with van der Waals surface area (Å²) in [5.74, 6) is 1.22. The molecule has 0 unspecified atom stereocenters. The Morgan fingerprint density at radius 1 is 0.909 bits per heavy atom. The van der Waals surface area contributed by atoms with Crippen LogP contribution in [0.3, 0.4) is 0 Å². The van der Waals surface area contributed by atoms with E-state index in [2.05, 4.69) is 29.2 Å². The zero-order chi connectivity index (χ0) is 22.8. The lowest BCUT2D eigenvalue weighted by Crippen LogP contribution is -2.47. The monoisotopic (exact) mass is 464 g/mol. The number of piperidine rings is 1. The van der Waals surface area contributed by atoms with Gasteiger partial charge >= 0.3 is 0 Å². The molecule has 0 bridgehead atoms. The zero-order valence-corrected chi connectivity index (χ0v) is 19.5. The van der Waals surface area contributed by atoms with Gasteiger partial charge in [-0.15, -0.1) is 0 Å². The Morgan fingerprint density at radius 2 is 1.61 bits per heavy atom. The van der Waals surface area contributed by atoms with E-state index < -0.39 is 10.0 Å². The van der Waals surface area contributed by atoms with E-state index in [-0.39, 0.29) is 12.8 Å². The van der Waals surface area contributed by atoms with Crippen LogP contribution >= 0.6 is 0 Å². The van der Waals surface area contributed by atoms with Crippen LogP contribution in [0, 0.1) is 6.92 Å². The summed E-state index contributed by atoms with van der Waals surface area (Å²) in [7, 11) is -3.75. The molecule has 0 saturated carbocycles. The Hall–Kier alpha value is -3.03. The first-order chi connectivity index (χ1) is 16.0.